The first-order chi connectivity index (χ1) is 9.80. The number of rotatable bonds is 4. The molecule has 0 amide bonds. The highest BCUT2D eigenvalue weighted by Crippen LogP contribution is 2.42. The second kappa shape index (κ2) is 6.78. The van der Waals surface area contributed by atoms with Crippen molar-refractivity contribution < 1.29 is 4.74 Å². The molecule has 0 saturated heterocycles. The maximum atomic E-state index is 6.20. The van der Waals surface area contributed by atoms with Gasteiger partial charge in [-0.2, -0.15) is 0 Å². The molecule has 21 heavy (non-hydrogen) atoms. The average molecular weight is 375 g/mol. The molecule has 1 fully saturated rings. The molecule has 118 valence electrons. The van der Waals surface area contributed by atoms with Crippen LogP contribution < -0.4 is 10.1 Å². The Labute approximate surface area is 141 Å². The molecule has 0 bridgehead atoms. The van der Waals surface area contributed by atoms with Gasteiger partial charge in [-0.15, -0.1) is 0 Å². The summed E-state index contributed by atoms with van der Waals surface area (Å²) in [6.45, 7) is 9.69. The number of hydrogen-bond donors (Lipinski definition) is 1. The van der Waals surface area contributed by atoms with Gasteiger partial charge in [0.1, 0.15) is 0 Å². The summed E-state index contributed by atoms with van der Waals surface area (Å²) in [6, 6.07) is 4.31. The molecule has 0 aliphatic heterocycles. The molecule has 1 aliphatic carbocycles. The maximum Gasteiger partial charge on any atom is 0.156 e. The highest BCUT2D eigenvalue weighted by Gasteiger charge is 2.32. The molecule has 0 aromatic heterocycles. The summed E-state index contributed by atoms with van der Waals surface area (Å²) in [5.74, 6) is 1.60. The third-order valence-corrected chi connectivity index (χ3v) is 4.85. The van der Waals surface area contributed by atoms with Crippen molar-refractivity contribution in [1.82, 2.24) is 0 Å². The molecule has 4 heteroatoms. The first kappa shape index (κ1) is 17.0. The first-order valence-electron chi connectivity index (χ1n) is 7.69. The van der Waals surface area contributed by atoms with Gasteiger partial charge in [0.25, 0.3) is 0 Å². The fraction of sp³-hybridized carbons (Fsp3) is 0.647. The summed E-state index contributed by atoms with van der Waals surface area (Å²) >= 11 is 9.75. The van der Waals surface area contributed by atoms with Gasteiger partial charge in [0.2, 0.25) is 0 Å². The first-order valence-corrected chi connectivity index (χ1v) is 8.86. The highest BCUT2D eigenvalue weighted by molar-refractivity contribution is 9.10. The van der Waals surface area contributed by atoms with Crippen LogP contribution in [0.25, 0.3) is 0 Å². The van der Waals surface area contributed by atoms with Crippen LogP contribution in [-0.4, -0.2) is 12.6 Å². The number of ether oxygens (including phenoxy) is 1. The molecule has 1 saturated carbocycles. The van der Waals surface area contributed by atoms with Crippen LogP contribution in [0.1, 0.15) is 47.0 Å². The molecule has 1 aromatic rings. The van der Waals surface area contributed by atoms with Gasteiger partial charge < -0.3 is 10.1 Å². The van der Waals surface area contributed by atoms with Crippen LogP contribution in [0, 0.1) is 11.3 Å². The van der Waals surface area contributed by atoms with Crippen molar-refractivity contribution in [3.63, 3.8) is 0 Å². The van der Waals surface area contributed by atoms with Crippen LogP contribution in [0.2, 0.25) is 5.02 Å². The van der Waals surface area contributed by atoms with Gasteiger partial charge in [-0.25, -0.2) is 0 Å². The second-order valence-electron chi connectivity index (χ2n) is 6.95. The molecule has 0 spiro atoms. The van der Waals surface area contributed by atoms with Crippen molar-refractivity contribution in [1.29, 1.82) is 0 Å². The number of benzene rings is 1. The fourth-order valence-corrected chi connectivity index (χ4v) is 4.56. The summed E-state index contributed by atoms with van der Waals surface area (Å²) in [5, 5.41) is 4.38. The zero-order valence-electron chi connectivity index (χ0n) is 13.3. The molecule has 1 N–H and O–H groups in total. The van der Waals surface area contributed by atoms with Crippen LogP contribution in [-0.2, 0) is 0 Å². The summed E-state index contributed by atoms with van der Waals surface area (Å²) in [6.07, 6.45) is 3.66. The Morgan fingerprint density at radius 3 is 2.71 bits per heavy atom. The van der Waals surface area contributed by atoms with Gasteiger partial charge in [0.05, 0.1) is 16.8 Å². The van der Waals surface area contributed by atoms with Crippen LogP contribution in [0.5, 0.6) is 5.75 Å². The molecule has 2 atom stereocenters. The van der Waals surface area contributed by atoms with Crippen molar-refractivity contribution >= 4 is 33.2 Å². The van der Waals surface area contributed by atoms with Crippen LogP contribution in [0.4, 0.5) is 5.69 Å². The lowest BCUT2D eigenvalue weighted by atomic mass is 9.70. The average Bonchev–Trinajstić information content (AvgIpc) is 2.30. The van der Waals surface area contributed by atoms with E-state index in [1.165, 1.54) is 19.3 Å². The minimum atomic E-state index is 0.386. The number of hydrogen-bond acceptors (Lipinski definition) is 2. The number of nitrogens with one attached hydrogen (secondary N) is 1. The Bertz CT molecular complexity index is 504. The minimum Gasteiger partial charge on any atom is -0.491 e. The molecule has 2 unspecified atom stereocenters. The molecular weight excluding hydrogens is 350 g/mol. The zero-order chi connectivity index (χ0) is 15.6. The lowest BCUT2D eigenvalue weighted by Crippen LogP contribution is -2.35. The molecular formula is C17H25BrClNO. The molecule has 1 aliphatic rings. The Morgan fingerprint density at radius 2 is 2.10 bits per heavy atom. The predicted molar refractivity (Wildman–Crippen MR) is 94.5 cm³/mol. The molecule has 1 aromatic carbocycles. The van der Waals surface area contributed by atoms with Crippen molar-refractivity contribution in [3.8, 4) is 5.75 Å². The van der Waals surface area contributed by atoms with Crippen molar-refractivity contribution in [2.24, 2.45) is 11.3 Å². The molecule has 0 heterocycles. The third-order valence-electron chi connectivity index (χ3n) is 4.04. The van der Waals surface area contributed by atoms with E-state index in [1.54, 1.807) is 0 Å². The minimum absolute atomic E-state index is 0.386. The van der Waals surface area contributed by atoms with E-state index in [1.807, 2.05) is 19.1 Å². The summed E-state index contributed by atoms with van der Waals surface area (Å²) in [4.78, 5) is 0. The zero-order valence-corrected chi connectivity index (χ0v) is 15.6. The van der Waals surface area contributed by atoms with E-state index < -0.39 is 0 Å². The summed E-state index contributed by atoms with van der Waals surface area (Å²) in [7, 11) is 0. The van der Waals surface area contributed by atoms with Crippen LogP contribution in [0.3, 0.4) is 0 Å². The van der Waals surface area contributed by atoms with Gasteiger partial charge in [-0.1, -0.05) is 32.4 Å². The Kier molecular flexibility index (Phi) is 5.48. The smallest absolute Gasteiger partial charge is 0.156 e. The van der Waals surface area contributed by atoms with E-state index in [2.05, 4.69) is 42.0 Å². The normalized spacial score (nSPS) is 24.7. The Morgan fingerprint density at radius 1 is 1.38 bits per heavy atom. The number of halogens is 2. The third kappa shape index (κ3) is 4.53. The van der Waals surface area contributed by atoms with E-state index in [0.717, 1.165) is 26.9 Å². The standard InChI is InChI=1S/C17H25BrClNO/c1-5-21-16-14(18)7-12(19)8-15(16)20-13-6-11(2)9-17(3,4)10-13/h7-8,11,13,20H,5-6,9-10H2,1-4H3. The van der Waals surface area contributed by atoms with Gasteiger partial charge in [-0.05, 0) is 65.6 Å². The maximum absolute atomic E-state index is 6.20. The highest BCUT2D eigenvalue weighted by atomic mass is 79.9. The second-order valence-corrected chi connectivity index (χ2v) is 8.24. The SMILES string of the molecule is CCOc1c(Br)cc(Cl)cc1NC1CC(C)CC(C)(C)C1. The van der Waals surface area contributed by atoms with Crippen LogP contribution >= 0.6 is 27.5 Å². The molecule has 2 rings (SSSR count). The summed E-state index contributed by atoms with van der Waals surface area (Å²) < 4.78 is 6.68. The monoisotopic (exact) mass is 373 g/mol. The van der Waals surface area contributed by atoms with Gasteiger partial charge >= 0.3 is 0 Å². The van der Waals surface area contributed by atoms with E-state index in [9.17, 15) is 0 Å². The Hall–Kier alpha value is -0.410. The van der Waals surface area contributed by atoms with Crippen molar-refractivity contribution in [2.75, 3.05) is 11.9 Å². The largest absolute Gasteiger partial charge is 0.491 e. The predicted octanol–water partition coefficient (Wildman–Crippen LogP) is 6.13. The van der Waals surface area contributed by atoms with Crippen molar-refractivity contribution in [2.45, 2.75) is 53.0 Å². The van der Waals surface area contributed by atoms with E-state index in [4.69, 9.17) is 16.3 Å². The fourth-order valence-electron chi connectivity index (χ4n) is 3.63. The van der Waals surface area contributed by atoms with Gasteiger partial charge in [-0.3, -0.25) is 0 Å². The lowest BCUT2D eigenvalue weighted by molar-refractivity contribution is 0.177. The van der Waals surface area contributed by atoms with E-state index in [-0.39, 0.29) is 0 Å². The topological polar surface area (TPSA) is 21.3 Å². The summed E-state index contributed by atoms with van der Waals surface area (Å²) in [5.41, 5.74) is 1.38. The van der Waals surface area contributed by atoms with E-state index in [0.29, 0.717) is 18.1 Å². The van der Waals surface area contributed by atoms with E-state index >= 15 is 0 Å². The van der Waals surface area contributed by atoms with Crippen LogP contribution in [0.15, 0.2) is 16.6 Å². The quantitative estimate of drug-likeness (QED) is 0.684. The van der Waals surface area contributed by atoms with Gasteiger partial charge in [0, 0.05) is 11.1 Å². The molecule has 0 radical (unpaired) electrons. The molecule has 2 nitrogen and oxygen atoms in total. The van der Waals surface area contributed by atoms with Crippen molar-refractivity contribution in [3.05, 3.63) is 21.6 Å². The lowest BCUT2D eigenvalue weighted by Gasteiger charge is -2.39. The number of anilines is 1. The van der Waals surface area contributed by atoms with Gasteiger partial charge in [0.15, 0.2) is 5.75 Å². The Balaban J connectivity index is 2.22.